The predicted octanol–water partition coefficient (Wildman–Crippen LogP) is 2.61. The van der Waals surface area contributed by atoms with Gasteiger partial charge in [-0.05, 0) is 24.8 Å². The minimum absolute atomic E-state index is 0.0241. The molecule has 1 N–H and O–H groups in total. The van der Waals surface area contributed by atoms with E-state index in [1.165, 1.54) is 0 Å². The van der Waals surface area contributed by atoms with Crippen molar-refractivity contribution in [3.63, 3.8) is 0 Å². The zero-order valence-corrected chi connectivity index (χ0v) is 13.0. The second kappa shape index (κ2) is 6.44. The zero-order chi connectivity index (χ0) is 15.5. The van der Waals surface area contributed by atoms with Crippen LogP contribution in [-0.4, -0.2) is 14.7 Å². The Morgan fingerprint density at radius 1 is 1.27 bits per heavy atom. The molecule has 1 aliphatic heterocycles. The fourth-order valence-electron chi connectivity index (χ4n) is 3.07. The van der Waals surface area contributed by atoms with Crippen LogP contribution in [0.25, 0.3) is 0 Å². The van der Waals surface area contributed by atoms with Crippen molar-refractivity contribution in [1.29, 1.82) is 0 Å². The first-order chi connectivity index (χ1) is 10.7. The largest absolute Gasteiger partial charge is 0.387 e. The number of hydrogen-bond acceptors (Lipinski definition) is 3. The molecule has 4 heteroatoms. The van der Waals surface area contributed by atoms with Crippen molar-refractivity contribution in [2.24, 2.45) is 0 Å². The predicted molar refractivity (Wildman–Crippen MR) is 85.9 cm³/mol. The van der Waals surface area contributed by atoms with E-state index in [0.717, 1.165) is 37.2 Å². The highest BCUT2D eigenvalue weighted by Crippen LogP contribution is 2.21. The van der Waals surface area contributed by atoms with E-state index in [2.05, 4.69) is 4.98 Å². The van der Waals surface area contributed by atoms with Gasteiger partial charge in [0.05, 0.1) is 11.8 Å². The second-order valence-corrected chi connectivity index (χ2v) is 5.89. The van der Waals surface area contributed by atoms with Gasteiger partial charge in [-0.2, -0.15) is 0 Å². The van der Waals surface area contributed by atoms with E-state index >= 15 is 0 Å². The quantitative estimate of drug-likeness (QED) is 0.944. The van der Waals surface area contributed by atoms with Crippen LogP contribution in [-0.2, 0) is 19.4 Å². The Balaban J connectivity index is 2.11. The molecule has 0 unspecified atom stereocenters. The van der Waals surface area contributed by atoms with E-state index in [4.69, 9.17) is 0 Å². The highest BCUT2D eigenvalue weighted by molar-refractivity contribution is 5.29. The summed E-state index contributed by atoms with van der Waals surface area (Å²) in [4.78, 5) is 17.5. The lowest BCUT2D eigenvalue weighted by atomic mass is 10.00. The molecule has 4 nitrogen and oxygen atoms in total. The van der Waals surface area contributed by atoms with Crippen molar-refractivity contribution < 1.29 is 5.11 Å². The van der Waals surface area contributed by atoms with Gasteiger partial charge in [0.2, 0.25) is 0 Å². The van der Waals surface area contributed by atoms with Crippen molar-refractivity contribution >= 4 is 0 Å². The van der Waals surface area contributed by atoms with Gasteiger partial charge in [-0.1, -0.05) is 37.3 Å². The number of fused-ring (bicyclic) bond motifs is 1. The molecule has 0 bridgehead atoms. The molecule has 0 amide bonds. The lowest BCUT2D eigenvalue weighted by Gasteiger charge is -2.22. The summed E-state index contributed by atoms with van der Waals surface area (Å²) in [5.74, 6) is 0.829. The van der Waals surface area contributed by atoms with Crippen molar-refractivity contribution in [2.45, 2.75) is 51.7 Å². The topological polar surface area (TPSA) is 55.1 Å². The molecule has 1 atom stereocenters. The Morgan fingerprint density at radius 3 is 2.77 bits per heavy atom. The molecule has 0 saturated carbocycles. The summed E-state index contributed by atoms with van der Waals surface area (Å²) < 4.78 is 1.80. The average Bonchev–Trinajstić information content (AvgIpc) is 2.57. The number of aryl methyl sites for hydroxylation is 1. The lowest BCUT2D eigenvalue weighted by molar-refractivity contribution is 0.166. The molecule has 0 radical (unpaired) electrons. The van der Waals surface area contributed by atoms with Gasteiger partial charge in [0.1, 0.15) is 5.82 Å². The van der Waals surface area contributed by atoms with Crippen LogP contribution in [0.3, 0.4) is 0 Å². The van der Waals surface area contributed by atoms with Gasteiger partial charge in [0.25, 0.3) is 5.56 Å². The molecule has 0 fully saturated rings. The molecule has 0 saturated heterocycles. The molecule has 116 valence electrons. The summed E-state index contributed by atoms with van der Waals surface area (Å²) in [7, 11) is 0. The van der Waals surface area contributed by atoms with Crippen molar-refractivity contribution in [3.8, 4) is 0 Å². The smallest absolute Gasteiger partial charge is 0.257 e. The Hall–Kier alpha value is -1.94. The first-order valence-electron chi connectivity index (χ1n) is 8.05. The van der Waals surface area contributed by atoms with E-state index < -0.39 is 6.10 Å². The second-order valence-electron chi connectivity index (χ2n) is 5.89. The van der Waals surface area contributed by atoms with Crippen LogP contribution in [0.5, 0.6) is 0 Å². The van der Waals surface area contributed by atoms with Crippen LogP contribution in [0.2, 0.25) is 0 Å². The average molecular weight is 298 g/mol. The number of hydrogen-bond donors (Lipinski definition) is 1. The van der Waals surface area contributed by atoms with Gasteiger partial charge < -0.3 is 5.11 Å². The molecule has 1 aromatic carbocycles. The Kier molecular flexibility index (Phi) is 4.39. The van der Waals surface area contributed by atoms with E-state index in [-0.39, 0.29) is 5.56 Å². The molecule has 0 aliphatic carbocycles. The standard InChI is InChI=1S/C18H22N2O2/c1-2-15(21)17-14(12-13-8-4-3-5-9-13)18(22)20-11-7-6-10-16(20)19-17/h3-5,8-9,15,21H,2,6-7,10-12H2,1H3/t15-/m1/s1. The third kappa shape index (κ3) is 2.83. The molecule has 22 heavy (non-hydrogen) atoms. The highest BCUT2D eigenvalue weighted by Gasteiger charge is 2.22. The molecular weight excluding hydrogens is 276 g/mol. The van der Waals surface area contributed by atoms with Crippen LogP contribution >= 0.6 is 0 Å². The van der Waals surface area contributed by atoms with Gasteiger partial charge in [0, 0.05) is 24.9 Å². The third-order valence-corrected chi connectivity index (χ3v) is 4.33. The number of benzene rings is 1. The number of aliphatic hydroxyl groups excluding tert-OH is 1. The first-order valence-corrected chi connectivity index (χ1v) is 8.05. The van der Waals surface area contributed by atoms with E-state index in [1.54, 1.807) is 4.57 Å². The van der Waals surface area contributed by atoms with Gasteiger partial charge in [-0.25, -0.2) is 4.98 Å². The van der Waals surface area contributed by atoms with Crippen LogP contribution in [0.4, 0.5) is 0 Å². The van der Waals surface area contributed by atoms with Crippen LogP contribution < -0.4 is 5.56 Å². The van der Waals surface area contributed by atoms with Gasteiger partial charge in [-0.3, -0.25) is 9.36 Å². The highest BCUT2D eigenvalue weighted by atomic mass is 16.3. The maximum atomic E-state index is 12.9. The molecule has 1 aromatic heterocycles. The molecular formula is C18H22N2O2. The monoisotopic (exact) mass is 298 g/mol. The van der Waals surface area contributed by atoms with Crippen molar-refractivity contribution in [2.75, 3.05) is 0 Å². The molecule has 3 rings (SSSR count). The normalized spacial score (nSPS) is 15.4. The van der Waals surface area contributed by atoms with E-state index in [0.29, 0.717) is 24.1 Å². The van der Waals surface area contributed by atoms with E-state index in [1.807, 2.05) is 37.3 Å². The maximum Gasteiger partial charge on any atom is 0.257 e. The number of nitrogens with zero attached hydrogens (tertiary/aromatic N) is 2. The SMILES string of the molecule is CC[C@@H](O)c1nc2n(c(=O)c1Cc1ccccc1)CCCC2. The minimum atomic E-state index is -0.667. The molecule has 2 aromatic rings. The maximum absolute atomic E-state index is 12.9. The van der Waals surface area contributed by atoms with Crippen LogP contribution in [0.1, 0.15) is 54.9 Å². The zero-order valence-electron chi connectivity index (χ0n) is 13.0. The van der Waals surface area contributed by atoms with E-state index in [9.17, 15) is 9.90 Å². The summed E-state index contributed by atoms with van der Waals surface area (Å²) in [6, 6.07) is 9.91. The fourth-order valence-corrected chi connectivity index (χ4v) is 3.07. The van der Waals surface area contributed by atoms with Crippen molar-refractivity contribution in [3.05, 3.63) is 63.3 Å². The lowest BCUT2D eigenvalue weighted by Crippen LogP contribution is -2.33. The Labute approximate surface area is 130 Å². The summed E-state index contributed by atoms with van der Waals surface area (Å²) in [6.07, 6.45) is 3.34. The van der Waals surface area contributed by atoms with Crippen molar-refractivity contribution in [1.82, 2.24) is 9.55 Å². The Morgan fingerprint density at radius 2 is 2.05 bits per heavy atom. The van der Waals surface area contributed by atoms with Crippen LogP contribution in [0, 0.1) is 0 Å². The first kappa shape index (κ1) is 15.0. The van der Waals surface area contributed by atoms with Gasteiger partial charge >= 0.3 is 0 Å². The number of rotatable bonds is 4. The summed E-state index contributed by atoms with van der Waals surface area (Å²) in [5.41, 5.74) is 2.31. The summed E-state index contributed by atoms with van der Waals surface area (Å²) in [5, 5.41) is 10.3. The van der Waals surface area contributed by atoms with Gasteiger partial charge in [-0.15, -0.1) is 0 Å². The Bertz CT molecular complexity index is 707. The summed E-state index contributed by atoms with van der Waals surface area (Å²) in [6.45, 7) is 2.65. The molecule has 2 heterocycles. The minimum Gasteiger partial charge on any atom is -0.387 e. The number of aromatic nitrogens is 2. The third-order valence-electron chi connectivity index (χ3n) is 4.33. The van der Waals surface area contributed by atoms with Gasteiger partial charge in [0.15, 0.2) is 0 Å². The fraction of sp³-hybridized carbons (Fsp3) is 0.444. The summed E-state index contributed by atoms with van der Waals surface area (Å²) >= 11 is 0. The van der Waals surface area contributed by atoms with Crippen LogP contribution in [0.15, 0.2) is 35.1 Å². The molecule has 0 spiro atoms. The molecule has 1 aliphatic rings. The number of aliphatic hydroxyl groups is 1.